The van der Waals surface area contributed by atoms with E-state index in [1.165, 1.54) is 6.92 Å². The zero-order chi connectivity index (χ0) is 20.1. The largest absolute Gasteiger partial charge is 0.497 e. The molecule has 3 amide bonds. The van der Waals surface area contributed by atoms with E-state index in [1.807, 2.05) is 18.2 Å². The molecule has 7 nitrogen and oxygen atoms in total. The molecule has 28 heavy (non-hydrogen) atoms. The van der Waals surface area contributed by atoms with Crippen LogP contribution in [0.1, 0.15) is 24.5 Å². The number of methoxy groups -OCH3 is 1. The highest BCUT2D eigenvalue weighted by molar-refractivity contribution is 6.39. The number of anilines is 2. The van der Waals surface area contributed by atoms with Crippen LogP contribution in [0.2, 0.25) is 0 Å². The van der Waals surface area contributed by atoms with Crippen molar-refractivity contribution in [1.82, 2.24) is 5.32 Å². The first kappa shape index (κ1) is 19.4. The van der Waals surface area contributed by atoms with E-state index >= 15 is 0 Å². The number of hydrogen-bond acceptors (Lipinski definition) is 4. The van der Waals surface area contributed by atoms with Gasteiger partial charge in [-0.1, -0.05) is 18.2 Å². The fourth-order valence-electron chi connectivity index (χ4n) is 3.17. The number of hydrogen-bond donors (Lipinski definition) is 2. The summed E-state index contributed by atoms with van der Waals surface area (Å²) >= 11 is 0. The summed E-state index contributed by atoms with van der Waals surface area (Å²) < 4.78 is 5.09. The van der Waals surface area contributed by atoms with Gasteiger partial charge in [0.15, 0.2) is 0 Å². The number of carbonyl (C=O) groups is 3. The molecule has 0 radical (unpaired) electrons. The van der Waals surface area contributed by atoms with Crippen molar-refractivity contribution < 1.29 is 19.1 Å². The number of benzene rings is 2. The van der Waals surface area contributed by atoms with Gasteiger partial charge in [0.25, 0.3) is 0 Å². The molecule has 0 atom stereocenters. The van der Waals surface area contributed by atoms with Crippen molar-refractivity contribution in [3.63, 3.8) is 0 Å². The number of nitrogens with one attached hydrogen (secondary N) is 2. The number of nitrogens with zero attached hydrogens (tertiary/aromatic N) is 1. The molecule has 3 rings (SSSR count). The van der Waals surface area contributed by atoms with Gasteiger partial charge in [-0.05, 0) is 48.2 Å². The first-order chi connectivity index (χ1) is 13.5. The monoisotopic (exact) mass is 381 g/mol. The van der Waals surface area contributed by atoms with Gasteiger partial charge >= 0.3 is 11.8 Å². The SMILES string of the molecule is COc1ccc(CNC(=O)C(=O)Nc2ccc3c(c2)N(C(C)=O)CCC3)cc1. The Morgan fingerprint density at radius 2 is 1.82 bits per heavy atom. The molecule has 0 saturated carbocycles. The summed E-state index contributed by atoms with van der Waals surface area (Å²) in [5.74, 6) is -0.794. The highest BCUT2D eigenvalue weighted by atomic mass is 16.5. The number of carbonyl (C=O) groups excluding carboxylic acids is 3. The molecule has 0 fully saturated rings. The summed E-state index contributed by atoms with van der Waals surface area (Å²) in [6, 6.07) is 12.6. The van der Waals surface area contributed by atoms with E-state index in [2.05, 4.69) is 10.6 Å². The lowest BCUT2D eigenvalue weighted by molar-refractivity contribution is -0.136. The third-order valence-electron chi connectivity index (χ3n) is 4.66. The van der Waals surface area contributed by atoms with Crippen molar-refractivity contribution in [2.45, 2.75) is 26.3 Å². The number of amides is 3. The van der Waals surface area contributed by atoms with Gasteiger partial charge in [0, 0.05) is 31.4 Å². The molecule has 0 aliphatic carbocycles. The van der Waals surface area contributed by atoms with Crippen LogP contribution in [0.5, 0.6) is 5.75 Å². The van der Waals surface area contributed by atoms with Crippen LogP contribution in [0.3, 0.4) is 0 Å². The van der Waals surface area contributed by atoms with Crippen LogP contribution >= 0.6 is 0 Å². The van der Waals surface area contributed by atoms with Gasteiger partial charge in [-0.25, -0.2) is 0 Å². The molecule has 1 aliphatic heterocycles. The Morgan fingerprint density at radius 3 is 2.50 bits per heavy atom. The second-order valence-electron chi connectivity index (χ2n) is 6.60. The minimum absolute atomic E-state index is 0.0401. The van der Waals surface area contributed by atoms with Crippen LogP contribution in [-0.2, 0) is 27.3 Å². The molecule has 0 spiro atoms. The van der Waals surface area contributed by atoms with Crippen LogP contribution in [0, 0.1) is 0 Å². The summed E-state index contributed by atoms with van der Waals surface area (Å²) in [6.45, 7) is 2.41. The Hall–Kier alpha value is -3.35. The molecule has 1 aliphatic rings. The molecule has 2 N–H and O–H groups in total. The van der Waals surface area contributed by atoms with E-state index < -0.39 is 11.8 Å². The maximum absolute atomic E-state index is 12.2. The van der Waals surface area contributed by atoms with Crippen molar-refractivity contribution in [1.29, 1.82) is 0 Å². The smallest absolute Gasteiger partial charge is 0.313 e. The molecular weight excluding hydrogens is 358 g/mol. The van der Waals surface area contributed by atoms with E-state index in [4.69, 9.17) is 4.74 Å². The van der Waals surface area contributed by atoms with Crippen molar-refractivity contribution >= 4 is 29.1 Å². The van der Waals surface area contributed by atoms with Crippen molar-refractivity contribution in [3.05, 3.63) is 53.6 Å². The highest BCUT2D eigenvalue weighted by Gasteiger charge is 2.21. The third-order valence-corrected chi connectivity index (χ3v) is 4.66. The van der Waals surface area contributed by atoms with E-state index in [-0.39, 0.29) is 12.5 Å². The molecule has 0 bridgehead atoms. The van der Waals surface area contributed by atoms with Gasteiger partial charge in [0.05, 0.1) is 7.11 Å². The number of ether oxygens (including phenoxy) is 1. The average molecular weight is 381 g/mol. The number of rotatable bonds is 4. The molecule has 0 aromatic heterocycles. The first-order valence-corrected chi connectivity index (χ1v) is 9.11. The summed E-state index contributed by atoms with van der Waals surface area (Å²) in [5, 5.41) is 5.19. The Bertz CT molecular complexity index is 893. The molecule has 2 aromatic carbocycles. The zero-order valence-electron chi connectivity index (χ0n) is 16.0. The van der Waals surface area contributed by atoms with E-state index in [0.29, 0.717) is 12.2 Å². The normalized spacial score (nSPS) is 12.7. The fraction of sp³-hybridized carbons (Fsp3) is 0.286. The van der Waals surface area contributed by atoms with E-state index in [0.717, 1.165) is 35.4 Å². The Labute approximate surface area is 163 Å². The lowest BCUT2D eigenvalue weighted by Gasteiger charge is -2.29. The van der Waals surface area contributed by atoms with Gasteiger partial charge in [-0.15, -0.1) is 0 Å². The maximum Gasteiger partial charge on any atom is 0.313 e. The van der Waals surface area contributed by atoms with Gasteiger partial charge in [-0.2, -0.15) is 0 Å². The van der Waals surface area contributed by atoms with Crippen molar-refractivity contribution in [3.8, 4) is 5.75 Å². The Morgan fingerprint density at radius 1 is 1.07 bits per heavy atom. The molecule has 1 heterocycles. The molecule has 0 unspecified atom stereocenters. The molecule has 2 aromatic rings. The Balaban J connectivity index is 1.61. The topological polar surface area (TPSA) is 87.7 Å². The number of fused-ring (bicyclic) bond motifs is 1. The summed E-state index contributed by atoms with van der Waals surface area (Å²) in [7, 11) is 1.58. The molecule has 0 saturated heterocycles. The van der Waals surface area contributed by atoms with Crippen molar-refractivity contribution in [2.75, 3.05) is 23.9 Å². The second kappa shape index (κ2) is 8.56. The van der Waals surface area contributed by atoms with Gasteiger partial charge in [-0.3, -0.25) is 14.4 Å². The van der Waals surface area contributed by atoms with Crippen LogP contribution in [0.25, 0.3) is 0 Å². The zero-order valence-corrected chi connectivity index (χ0v) is 16.0. The number of aryl methyl sites for hydroxylation is 1. The van der Waals surface area contributed by atoms with Gasteiger partial charge in [0.1, 0.15) is 5.75 Å². The summed E-state index contributed by atoms with van der Waals surface area (Å²) in [4.78, 5) is 37.8. The molecule has 146 valence electrons. The first-order valence-electron chi connectivity index (χ1n) is 9.11. The standard InChI is InChI=1S/C21H23N3O4/c1-14(25)24-11-3-4-16-7-8-17(12-19(16)24)23-21(27)20(26)22-13-15-5-9-18(28-2)10-6-15/h5-10,12H,3-4,11,13H2,1-2H3,(H,22,26)(H,23,27). The quantitative estimate of drug-likeness (QED) is 0.795. The summed E-state index contributed by atoms with van der Waals surface area (Å²) in [6.07, 6.45) is 1.79. The minimum Gasteiger partial charge on any atom is -0.497 e. The molecule has 7 heteroatoms. The van der Waals surface area contributed by atoms with E-state index in [9.17, 15) is 14.4 Å². The lowest BCUT2D eigenvalue weighted by Crippen LogP contribution is -2.35. The molecular formula is C21H23N3O4. The van der Waals surface area contributed by atoms with Gasteiger partial charge < -0.3 is 20.3 Å². The van der Waals surface area contributed by atoms with Crippen LogP contribution in [0.15, 0.2) is 42.5 Å². The maximum atomic E-state index is 12.2. The van der Waals surface area contributed by atoms with E-state index in [1.54, 1.807) is 36.3 Å². The summed E-state index contributed by atoms with van der Waals surface area (Å²) in [5.41, 5.74) is 3.18. The van der Waals surface area contributed by atoms with Crippen molar-refractivity contribution in [2.24, 2.45) is 0 Å². The predicted octanol–water partition coefficient (Wildman–Crippen LogP) is 2.25. The van der Waals surface area contributed by atoms with Gasteiger partial charge in [0.2, 0.25) is 5.91 Å². The van der Waals surface area contributed by atoms with Crippen LogP contribution < -0.4 is 20.3 Å². The van der Waals surface area contributed by atoms with Crippen LogP contribution in [0.4, 0.5) is 11.4 Å². The fourth-order valence-corrected chi connectivity index (χ4v) is 3.17. The second-order valence-corrected chi connectivity index (χ2v) is 6.60. The minimum atomic E-state index is -0.751. The third kappa shape index (κ3) is 4.49. The average Bonchev–Trinajstić information content (AvgIpc) is 2.71. The Kier molecular flexibility index (Phi) is 5.93. The highest BCUT2D eigenvalue weighted by Crippen LogP contribution is 2.30. The van der Waals surface area contributed by atoms with Crippen LogP contribution in [-0.4, -0.2) is 31.4 Å². The lowest BCUT2D eigenvalue weighted by atomic mass is 10.0. The predicted molar refractivity (Wildman–Crippen MR) is 106 cm³/mol.